The second kappa shape index (κ2) is 9.80. The highest BCUT2D eigenvalue weighted by Gasteiger charge is 2.15. The van der Waals surface area contributed by atoms with Crippen LogP contribution in [0.4, 0.5) is 23.3 Å². The molecular formula is C22H28N7O+. The summed E-state index contributed by atoms with van der Waals surface area (Å²) >= 11 is 0. The molecule has 1 amide bonds. The molecule has 0 aliphatic carbocycles. The number of anilines is 4. The van der Waals surface area contributed by atoms with Gasteiger partial charge in [0.05, 0.1) is 7.05 Å². The number of para-hydroxylation sites is 2. The van der Waals surface area contributed by atoms with Gasteiger partial charge in [-0.25, -0.2) is 0 Å². The summed E-state index contributed by atoms with van der Waals surface area (Å²) in [7, 11) is 1.92. The quantitative estimate of drug-likeness (QED) is 0.453. The Labute approximate surface area is 176 Å². The zero-order chi connectivity index (χ0) is 21.5. The number of aryl methyl sites for hydroxylation is 2. The molecule has 0 aliphatic heterocycles. The fraction of sp³-hybridized carbons (Fsp3) is 0.273. The fourth-order valence-corrected chi connectivity index (χ4v) is 3.16. The van der Waals surface area contributed by atoms with Crippen molar-refractivity contribution in [2.45, 2.75) is 26.8 Å². The number of carbonyl (C=O) groups excluding carboxylic acids is 1. The molecule has 3 aromatic rings. The van der Waals surface area contributed by atoms with Gasteiger partial charge in [-0.1, -0.05) is 43.3 Å². The molecule has 0 radical (unpaired) electrons. The predicted molar refractivity (Wildman–Crippen MR) is 119 cm³/mol. The van der Waals surface area contributed by atoms with Crippen LogP contribution < -0.4 is 21.3 Å². The third-order valence-electron chi connectivity index (χ3n) is 4.69. The van der Waals surface area contributed by atoms with Crippen LogP contribution in [-0.2, 0) is 17.8 Å². The Morgan fingerprint density at radius 1 is 1.03 bits per heavy atom. The molecule has 1 unspecified atom stereocenters. The topological polar surface area (TPSA) is 110 Å². The number of benzene rings is 2. The monoisotopic (exact) mass is 406 g/mol. The molecule has 8 nitrogen and oxygen atoms in total. The lowest BCUT2D eigenvalue weighted by Crippen LogP contribution is -3.08. The minimum Gasteiger partial charge on any atom is -0.368 e. The van der Waals surface area contributed by atoms with Crippen molar-refractivity contribution in [1.82, 2.24) is 15.0 Å². The number of aromatic nitrogens is 3. The summed E-state index contributed by atoms with van der Waals surface area (Å²) in [6.45, 7) is 4.79. The summed E-state index contributed by atoms with van der Waals surface area (Å²) < 4.78 is 0. The highest BCUT2D eigenvalue weighted by Crippen LogP contribution is 2.17. The number of amides is 1. The number of hydrogen-bond acceptors (Lipinski definition) is 6. The first-order valence-corrected chi connectivity index (χ1v) is 9.96. The predicted octanol–water partition coefficient (Wildman–Crippen LogP) is 1.72. The summed E-state index contributed by atoms with van der Waals surface area (Å²) in [5, 5.41) is 6.17. The van der Waals surface area contributed by atoms with E-state index in [4.69, 9.17) is 5.73 Å². The second-order valence-corrected chi connectivity index (χ2v) is 7.24. The first-order chi connectivity index (χ1) is 14.4. The lowest BCUT2D eigenvalue weighted by Gasteiger charge is -2.15. The number of nitrogens with two attached hydrogens (primary N) is 1. The Bertz CT molecular complexity index is 1020. The van der Waals surface area contributed by atoms with Crippen LogP contribution in [0.15, 0.2) is 48.5 Å². The average molecular weight is 407 g/mol. The van der Waals surface area contributed by atoms with Gasteiger partial charge in [-0.3, -0.25) is 4.79 Å². The van der Waals surface area contributed by atoms with Crippen LogP contribution in [0.25, 0.3) is 0 Å². The van der Waals surface area contributed by atoms with Crippen molar-refractivity contribution in [1.29, 1.82) is 0 Å². The van der Waals surface area contributed by atoms with E-state index in [-0.39, 0.29) is 18.4 Å². The molecule has 0 spiro atoms. The van der Waals surface area contributed by atoms with Crippen molar-refractivity contribution < 1.29 is 9.69 Å². The average Bonchev–Trinajstić information content (AvgIpc) is 2.69. The van der Waals surface area contributed by atoms with E-state index in [1.54, 1.807) is 0 Å². The molecule has 0 bridgehead atoms. The summed E-state index contributed by atoms with van der Waals surface area (Å²) in [6.07, 6.45) is 0.861. The number of quaternary nitrogens is 1. The molecule has 30 heavy (non-hydrogen) atoms. The lowest BCUT2D eigenvalue weighted by molar-refractivity contribution is -0.885. The number of likely N-dealkylation sites (N-methyl/N-ethyl adjacent to an activating group) is 1. The maximum absolute atomic E-state index is 12.5. The van der Waals surface area contributed by atoms with Crippen molar-refractivity contribution in [3.05, 3.63) is 65.5 Å². The Balaban J connectivity index is 1.63. The van der Waals surface area contributed by atoms with Crippen molar-refractivity contribution >= 4 is 29.2 Å². The number of nitrogen functional groups attached to an aromatic ring is 1. The lowest BCUT2D eigenvalue weighted by atomic mass is 10.1. The van der Waals surface area contributed by atoms with Gasteiger partial charge in [0, 0.05) is 11.4 Å². The first-order valence-electron chi connectivity index (χ1n) is 9.96. The van der Waals surface area contributed by atoms with Gasteiger partial charge in [-0.05, 0) is 36.6 Å². The number of rotatable bonds is 8. The van der Waals surface area contributed by atoms with E-state index in [2.05, 4.69) is 32.5 Å². The molecule has 0 saturated heterocycles. The number of carbonyl (C=O) groups is 1. The molecule has 3 rings (SSSR count). The van der Waals surface area contributed by atoms with E-state index in [0.29, 0.717) is 18.3 Å². The van der Waals surface area contributed by atoms with Gasteiger partial charge in [-0.2, -0.15) is 15.0 Å². The van der Waals surface area contributed by atoms with E-state index in [0.717, 1.165) is 33.8 Å². The van der Waals surface area contributed by atoms with Crippen molar-refractivity contribution in [3.8, 4) is 0 Å². The number of nitrogens with one attached hydrogen (secondary N) is 3. The molecule has 1 atom stereocenters. The molecule has 0 aliphatic rings. The largest absolute Gasteiger partial charge is 0.368 e. The van der Waals surface area contributed by atoms with Crippen LogP contribution >= 0.6 is 0 Å². The molecule has 0 fully saturated rings. The van der Waals surface area contributed by atoms with Gasteiger partial charge in [0.1, 0.15) is 6.54 Å². The third-order valence-corrected chi connectivity index (χ3v) is 4.69. The highest BCUT2D eigenvalue weighted by molar-refractivity contribution is 5.92. The van der Waals surface area contributed by atoms with E-state index in [1.807, 2.05) is 62.5 Å². The molecule has 5 N–H and O–H groups in total. The Hall–Kier alpha value is -3.52. The number of nitrogens with zero attached hydrogens (tertiary/aromatic N) is 3. The van der Waals surface area contributed by atoms with Gasteiger partial charge in [0.25, 0.3) is 5.91 Å². The Morgan fingerprint density at radius 3 is 2.47 bits per heavy atom. The molecular weight excluding hydrogens is 378 g/mol. The summed E-state index contributed by atoms with van der Waals surface area (Å²) in [5.41, 5.74) is 9.82. The Morgan fingerprint density at radius 2 is 1.73 bits per heavy atom. The third kappa shape index (κ3) is 5.74. The zero-order valence-electron chi connectivity index (χ0n) is 17.6. The smallest absolute Gasteiger partial charge is 0.279 e. The minimum atomic E-state index is -0.0614. The number of hydrogen-bond donors (Lipinski definition) is 4. The second-order valence-electron chi connectivity index (χ2n) is 7.24. The normalized spacial score (nSPS) is 11.7. The van der Waals surface area contributed by atoms with Crippen LogP contribution in [-0.4, -0.2) is 34.5 Å². The Kier molecular flexibility index (Phi) is 6.92. The van der Waals surface area contributed by atoms with E-state index >= 15 is 0 Å². The van der Waals surface area contributed by atoms with Gasteiger partial charge >= 0.3 is 0 Å². The van der Waals surface area contributed by atoms with Gasteiger partial charge < -0.3 is 21.3 Å². The van der Waals surface area contributed by atoms with Crippen molar-refractivity contribution in [2.75, 3.05) is 30.0 Å². The summed E-state index contributed by atoms with van der Waals surface area (Å²) in [5.74, 6) is 0.998. The van der Waals surface area contributed by atoms with Crippen LogP contribution in [0.1, 0.15) is 23.9 Å². The molecule has 8 heteroatoms. The van der Waals surface area contributed by atoms with E-state index in [1.165, 1.54) is 0 Å². The van der Waals surface area contributed by atoms with Crippen molar-refractivity contribution in [2.24, 2.45) is 0 Å². The van der Waals surface area contributed by atoms with Gasteiger partial charge in [-0.15, -0.1) is 0 Å². The molecule has 0 saturated carbocycles. The molecule has 1 aromatic heterocycles. The van der Waals surface area contributed by atoms with Gasteiger partial charge in [0.15, 0.2) is 12.4 Å². The fourth-order valence-electron chi connectivity index (χ4n) is 3.16. The van der Waals surface area contributed by atoms with E-state index in [9.17, 15) is 4.79 Å². The molecule has 156 valence electrons. The van der Waals surface area contributed by atoms with Crippen molar-refractivity contribution in [3.63, 3.8) is 0 Å². The maximum atomic E-state index is 12.5. The minimum absolute atomic E-state index is 0.0614. The van der Waals surface area contributed by atoms with E-state index < -0.39 is 0 Å². The van der Waals surface area contributed by atoms with Crippen LogP contribution in [0.5, 0.6) is 0 Å². The summed E-state index contributed by atoms with van der Waals surface area (Å²) in [6, 6.07) is 15.7. The highest BCUT2D eigenvalue weighted by atomic mass is 16.2. The van der Waals surface area contributed by atoms with Gasteiger partial charge in [0.2, 0.25) is 11.9 Å². The zero-order valence-corrected chi connectivity index (χ0v) is 17.6. The van der Waals surface area contributed by atoms with Crippen LogP contribution in [0.2, 0.25) is 0 Å². The van der Waals surface area contributed by atoms with Crippen LogP contribution in [0.3, 0.4) is 0 Å². The molecule has 2 aromatic carbocycles. The standard InChI is InChI=1S/C22H27N7O/c1-4-16-10-6-8-12-18(16)24-20(30)14-29(3)13-19-26-21(23)28-22(27-19)25-17-11-7-5-9-15(17)2/h5-12H,4,13-14H2,1-3H3,(H,24,30)(H3,23,25,26,27,28)/p+1. The SMILES string of the molecule is CCc1ccccc1NC(=O)C[NH+](C)Cc1nc(N)nc(Nc2ccccc2C)n1. The first kappa shape index (κ1) is 21.2. The molecule has 1 heterocycles. The summed E-state index contributed by atoms with van der Waals surface area (Å²) in [4.78, 5) is 26.3. The maximum Gasteiger partial charge on any atom is 0.279 e. The van der Waals surface area contributed by atoms with Crippen LogP contribution in [0, 0.1) is 6.92 Å².